The Hall–Kier alpha value is -3.43. The van der Waals surface area contributed by atoms with E-state index in [0.29, 0.717) is 34.9 Å². The molecule has 8 rings (SSSR count). The molecule has 0 aliphatic carbocycles. The lowest BCUT2D eigenvalue weighted by atomic mass is 9.95. The number of hydrogen-bond donors (Lipinski definition) is 1. The molecule has 44 heavy (non-hydrogen) atoms. The highest BCUT2D eigenvalue weighted by Gasteiger charge is 2.45. The molecule has 7 nitrogen and oxygen atoms in total. The number of piperazine rings is 1. The molecule has 9 heteroatoms. The van der Waals surface area contributed by atoms with Crippen LogP contribution in [0.5, 0.6) is 6.01 Å². The highest BCUT2D eigenvalue weighted by Crippen LogP contribution is 2.42. The summed E-state index contributed by atoms with van der Waals surface area (Å²) in [6, 6.07) is 9.34. The van der Waals surface area contributed by atoms with Crippen molar-refractivity contribution >= 4 is 27.5 Å². The van der Waals surface area contributed by atoms with Gasteiger partial charge >= 0.3 is 6.01 Å². The summed E-state index contributed by atoms with van der Waals surface area (Å²) in [4.78, 5) is 19.6. The normalized spacial score (nSPS) is 20.9. The number of hydrogen-bond acceptors (Lipinski definition) is 7. The molecular weight excluding hydrogens is 558 g/mol. The van der Waals surface area contributed by atoms with Crippen LogP contribution in [-0.2, 0) is 6.42 Å². The number of rotatable bonds is 4. The van der Waals surface area contributed by atoms with E-state index in [4.69, 9.17) is 19.7 Å². The smallest absolute Gasteiger partial charge is 0.319 e. The minimum Gasteiger partial charge on any atom is -0.461 e. The first-order valence-electron chi connectivity index (χ1n) is 16.5. The van der Waals surface area contributed by atoms with Gasteiger partial charge in [-0.3, -0.25) is 4.90 Å². The zero-order valence-electron chi connectivity index (χ0n) is 26.1. The number of fused-ring (bicyclic) bond motifs is 4. The maximum atomic E-state index is 16.9. The van der Waals surface area contributed by atoms with E-state index in [-0.39, 0.29) is 34.6 Å². The van der Waals surface area contributed by atoms with Gasteiger partial charge in [0.2, 0.25) is 0 Å². The van der Waals surface area contributed by atoms with E-state index in [2.05, 4.69) is 15.1 Å². The summed E-state index contributed by atoms with van der Waals surface area (Å²) in [6.07, 6.45) is 7.17. The maximum Gasteiger partial charge on any atom is 0.319 e. The summed E-state index contributed by atoms with van der Waals surface area (Å²) in [5.41, 5.74) is 2.34. The average Bonchev–Trinajstić information content (AvgIpc) is 3.64. The standard InChI is InChI=1S/C33H36F2N6O.C2H6/c1-20-24(34)11-10-21-6-2-8-23(26(20)21)29-28(35)30-27-25(37-29)9-3-7-22-18-36-14-17-41(22)31(27)39-32(38-30)42-19-33-12-4-15-40(33)16-5-13-33;1-2/h2,6,8,10-11,22,36H,3-5,7,9,12-19H2,1H3;1-2H3. The number of ether oxygens (including phenoxy) is 1. The van der Waals surface area contributed by atoms with Crippen molar-refractivity contribution in [1.29, 1.82) is 0 Å². The van der Waals surface area contributed by atoms with Crippen LogP contribution >= 0.6 is 0 Å². The predicted molar refractivity (Wildman–Crippen MR) is 171 cm³/mol. The van der Waals surface area contributed by atoms with Crippen molar-refractivity contribution in [3.05, 3.63) is 53.2 Å². The van der Waals surface area contributed by atoms with Gasteiger partial charge in [-0.1, -0.05) is 38.1 Å². The van der Waals surface area contributed by atoms with Crippen molar-refractivity contribution in [1.82, 2.24) is 25.2 Å². The number of anilines is 1. The van der Waals surface area contributed by atoms with Gasteiger partial charge in [-0.05, 0) is 87.4 Å². The Balaban J connectivity index is 0.00000153. The Morgan fingerprint density at radius 3 is 2.61 bits per heavy atom. The molecule has 4 aliphatic heterocycles. The fourth-order valence-corrected chi connectivity index (χ4v) is 8.03. The van der Waals surface area contributed by atoms with Crippen LogP contribution in [0, 0.1) is 18.6 Å². The zero-order chi connectivity index (χ0) is 30.4. The first kappa shape index (κ1) is 29.3. The first-order valence-corrected chi connectivity index (χ1v) is 16.5. The van der Waals surface area contributed by atoms with Crippen molar-refractivity contribution in [3.8, 4) is 17.3 Å². The molecule has 1 unspecified atom stereocenters. The molecule has 2 aromatic heterocycles. The minimum atomic E-state index is -0.507. The SMILES string of the molecule is CC.Cc1c(F)ccc2cccc(-c3nc4c5c(nc(OCC67CCCN6CCC7)nc5c3F)N3CCNCC3CCC4)c12. The molecule has 2 aromatic carbocycles. The van der Waals surface area contributed by atoms with Gasteiger partial charge in [0.05, 0.1) is 16.6 Å². The summed E-state index contributed by atoms with van der Waals surface area (Å²) < 4.78 is 38.1. The van der Waals surface area contributed by atoms with Gasteiger partial charge in [0.1, 0.15) is 29.5 Å². The summed E-state index contributed by atoms with van der Waals surface area (Å²) in [7, 11) is 0. The van der Waals surface area contributed by atoms with Crippen LogP contribution in [0.15, 0.2) is 30.3 Å². The van der Waals surface area contributed by atoms with Crippen molar-refractivity contribution in [2.45, 2.75) is 77.3 Å². The van der Waals surface area contributed by atoms with Gasteiger partial charge in [0.25, 0.3) is 0 Å². The van der Waals surface area contributed by atoms with Crippen molar-refractivity contribution in [3.63, 3.8) is 0 Å². The van der Waals surface area contributed by atoms with Crippen LogP contribution in [0.4, 0.5) is 14.6 Å². The topological polar surface area (TPSA) is 66.4 Å². The highest BCUT2D eigenvalue weighted by molar-refractivity contribution is 6.01. The molecule has 0 bridgehead atoms. The fraction of sp³-hybridized carbons (Fsp3) is 0.514. The van der Waals surface area contributed by atoms with Crippen molar-refractivity contribution in [2.24, 2.45) is 0 Å². The molecule has 0 saturated carbocycles. The van der Waals surface area contributed by atoms with E-state index in [1.165, 1.54) is 18.9 Å². The number of pyridine rings is 1. The molecule has 1 atom stereocenters. The number of nitrogens with one attached hydrogen (secondary N) is 1. The number of aromatic nitrogens is 3. The van der Waals surface area contributed by atoms with E-state index in [1.54, 1.807) is 13.0 Å². The summed E-state index contributed by atoms with van der Waals surface area (Å²) in [5, 5.41) is 5.72. The Labute approximate surface area is 258 Å². The van der Waals surface area contributed by atoms with Gasteiger partial charge in [-0.2, -0.15) is 9.97 Å². The molecule has 232 valence electrons. The molecule has 4 aliphatic rings. The lowest BCUT2D eigenvalue weighted by Gasteiger charge is -2.39. The second-order valence-corrected chi connectivity index (χ2v) is 12.5. The van der Waals surface area contributed by atoms with Crippen LogP contribution in [0.3, 0.4) is 0 Å². The van der Waals surface area contributed by atoms with E-state index in [1.807, 2.05) is 32.0 Å². The lowest BCUT2D eigenvalue weighted by Crippen LogP contribution is -2.52. The largest absolute Gasteiger partial charge is 0.461 e. The second-order valence-electron chi connectivity index (χ2n) is 12.5. The van der Waals surface area contributed by atoms with E-state index < -0.39 is 5.82 Å². The van der Waals surface area contributed by atoms with Gasteiger partial charge in [-0.15, -0.1) is 0 Å². The van der Waals surface area contributed by atoms with Crippen molar-refractivity contribution in [2.75, 3.05) is 44.2 Å². The molecule has 0 amide bonds. The third kappa shape index (κ3) is 4.79. The highest BCUT2D eigenvalue weighted by atomic mass is 19.1. The second kappa shape index (κ2) is 11.8. The van der Waals surface area contributed by atoms with Crippen LogP contribution < -0.4 is 15.0 Å². The zero-order valence-corrected chi connectivity index (χ0v) is 26.1. The third-order valence-corrected chi connectivity index (χ3v) is 10.2. The summed E-state index contributed by atoms with van der Waals surface area (Å²) >= 11 is 0. The summed E-state index contributed by atoms with van der Waals surface area (Å²) in [6.45, 7) is 10.9. The van der Waals surface area contributed by atoms with Crippen LogP contribution in [0.2, 0.25) is 0 Å². The molecule has 0 radical (unpaired) electrons. The van der Waals surface area contributed by atoms with Crippen LogP contribution in [-0.4, -0.2) is 70.8 Å². The van der Waals surface area contributed by atoms with E-state index >= 15 is 4.39 Å². The van der Waals surface area contributed by atoms with Crippen LogP contribution in [0.1, 0.15) is 63.6 Å². The number of aryl methyl sites for hydroxylation is 2. The molecule has 6 heterocycles. The lowest BCUT2D eigenvalue weighted by molar-refractivity contribution is 0.108. The minimum absolute atomic E-state index is 0.0269. The third-order valence-electron chi connectivity index (χ3n) is 10.2. The summed E-state index contributed by atoms with van der Waals surface area (Å²) in [5.74, 6) is -0.100. The number of benzene rings is 2. The van der Waals surface area contributed by atoms with Gasteiger partial charge in [0, 0.05) is 31.2 Å². The van der Waals surface area contributed by atoms with Crippen LogP contribution in [0.25, 0.3) is 32.9 Å². The quantitative estimate of drug-likeness (QED) is 0.284. The Bertz CT molecular complexity index is 1700. The van der Waals surface area contributed by atoms with Gasteiger partial charge in [0.15, 0.2) is 5.82 Å². The molecule has 0 spiro atoms. The molecule has 3 fully saturated rings. The molecule has 3 saturated heterocycles. The van der Waals surface area contributed by atoms with E-state index in [9.17, 15) is 4.39 Å². The molecular formula is C35H42F2N6O. The van der Waals surface area contributed by atoms with E-state index in [0.717, 1.165) is 75.3 Å². The van der Waals surface area contributed by atoms with Gasteiger partial charge in [-0.25, -0.2) is 13.8 Å². The fourth-order valence-electron chi connectivity index (χ4n) is 8.03. The molecule has 1 N–H and O–H groups in total. The maximum absolute atomic E-state index is 16.9. The average molecular weight is 601 g/mol. The Morgan fingerprint density at radius 1 is 0.977 bits per heavy atom. The Morgan fingerprint density at radius 2 is 1.80 bits per heavy atom. The number of halogens is 2. The van der Waals surface area contributed by atoms with Crippen molar-refractivity contribution < 1.29 is 13.5 Å². The van der Waals surface area contributed by atoms with Gasteiger partial charge < -0.3 is 15.0 Å². The Kier molecular flexibility index (Phi) is 7.87. The first-order chi connectivity index (χ1) is 21.5. The number of nitrogens with zero attached hydrogens (tertiary/aromatic N) is 5. The molecule has 4 aromatic rings. The monoisotopic (exact) mass is 600 g/mol. The predicted octanol–water partition coefficient (Wildman–Crippen LogP) is 6.58.